The Bertz CT molecular complexity index is 411. The van der Waals surface area contributed by atoms with Crippen molar-refractivity contribution in [1.82, 2.24) is 9.78 Å². The molecular formula is C8H15N3O3S. The molecule has 15 heavy (non-hydrogen) atoms. The van der Waals surface area contributed by atoms with E-state index in [-0.39, 0.29) is 18.4 Å². The van der Waals surface area contributed by atoms with Gasteiger partial charge in [-0.1, -0.05) is 0 Å². The van der Waals surface area contributed by atoms with Crippen molar-refractivity contribution < 1.29 is 13.2 Å². The molecule has 0 aliphatic rings. The Kier molecular flexibility index (Phi) is 3.70. The number of ether oxygens (including phenoxy) is 1. The molecule has 7 heteroatoms. The number of nitrogens with zero attached hydrogens (tertiary/aromatic N) is 2. The van der Waals surface area contributed by atoms with Gasteiger partial charge < -0.3 is 4.74 Å². The molecule has 86 valence electrons. The molecule has 1 rings (SSSR count). The number of hydrogen-bond donors (Lipinski definition) is 1. The second-order valence-corrected chi connectivity index (χ2v) is 5.20. The lowest BCUT2D eigenvalue weighted by atomic mass is 10.4. The van der Waals surface area contributed by atoms with Gasteiger partial charge in [0.2, 0.25) is 10.0 Å². The monoisotopic (exact) mass is 233 g/mol. The van der Waals surface area contributed by atoms with Crippen LogP contribution in [0.5, 0.6) is 5.75 Å². The fourth-order valence-corrected chi connectivity index (χ4v) is 1.27. The summed E-state index contributed by atoms with van der Waals surface area (Å²) in [4.78, 5) is 0. The van der Waals surface area contributed by atoms with Crippen LogP contribution in [0.2, 0.25) is 0 Å². The number of rotatable bonds is 5. The molecule has 0 atom stereocenters. The Morgan fingerprint density at radius 2 is 2.27 bits per heavy atom. The van der Waals surface area contributed by atoms with E-state index in [1.807, 2.05) is 13.8 Å². The highest BCUT2D eigenvalue weighted by Gasteiger charge is 2.05. The number of primary sulfonamides is 1. The van der Waals surface area contributed by atoms with E-state index in [0.29, 0.717) is 5.75 Å². The van der Waals surface area contributed by atoms with Crippen LogP contribution in [-0.2, 0) is 10.0 Å². The highest BCUT2D eigenvalue weighted by atomic mass is 32.2. The van der Waals surface area contributed by atoms with Crippen LogP contribution in [0.15, 0.2) is 12.4 Å². The Balaban J connectivity index is 2.45. The zero-order valence-electron chi connectivity index (χ0n) is 8.75. The summed E-state index contributed by atoms with van der Waals surface area (Å²) in [6.45, 7) is 4.02. The van der Waals surface area contributed by atoms with Gasteiger partial charge in [0, 0.05) is 6.04 Å². The predicted molar refractivity (Wildman–Crippen MR) is 56.1 cm³/mol. The second kappa shape index (κ2) is 4.63. The third kappa shape index (κ3) is 4.30. The van der Waals surface area contributed by atoms with Crippen LogP contribution in [0.3, 0.4) is 0 Å². The van der Waals surface area contributed by atoms with Crippen molar-refractivity contribution in [2.75, 3.05) is 12.4 Å². The summed E-state index contributed by atoms with van der Waals surface area (Å²) in [6.07, 6.45) is 3.26. The molecule has 1 aromatic rings. The molecule has 0 aliphatic carbocycles. The Hall–Kier alpha value is -1.08. The highest BCUT2D eigenvalue weighted by molar-refractivity contribution is 7.89. The molecule has 0 aromatic carbocycles. The first-order chi connectivity index (χ1) is 6.88. The largest absolute Gasteiger partial charge is 0.489 e. The van der Waals surface area contributed by atoms with Gasteiger partial charge in [0.1, 0.15) is 6.61 Å². The fraction of sp³-hybridized carbons (Fsp3) is 0.625. The topological polar surface area (TPSA) is 87.2 Å². The molecule has 0 saturated heterocycles. The van der Waals surface area contributed by atoms with Crippen molar-refractivity contribution in [1.29, 1.82) is 0 Å². The van der Waals surface area contributed by atoms with Crippen LogP contribution in [0, 0.1) is 0 Å². The third-order valence-electron chi connectivity index (χ3n) is 1.74. The maximum Gasteiger partial charge on any atom is 0.212 e. The molecule has 0 bridgehead atoms. The minimum atomic E-state index is -3.46. The van der Waals surface area contributed by atoms with Crippen molar-refractivity contribution >= 4 is 10.0 Å². The van der Waals surface area contributed by atoms with Crippen LogP contribution in [-0.4, -0.2) is 30.6 Å². The Morgan fingerprint density at radius 3 is 2.73 bits per heavy atom. The summed E-state index contributed by atoms with van der Waals surface area (Å²) >= 11 is 0. The average molecular weight is 233 g/mol. The van der Waals surface area contributed by atoms with Gasteiger partial charge in [0.05, 0.1) is 18.1 Å². The van der Waals surface area contributed by atoms with Gasteiger partial charge >= 0.3 is 0 Å². The first-order valence-corrected chi connectivity index (χ1v) is 6.27. The first kappa shape index (κ1) is 12.0. The predicted octanol–water partition coefficient (Wildman–Crippen LogP) is 0.131. The summed E-state index contributed by atoms with van der Waals surface area (Å²) in [7, 11) is -3.46. The van der Waals surface area contributed by atoms with Gasteiger partial charge in [-0.25, -0.2) is 13.6 Å². The normalized spacial score (nSPS) is 12.0. The number of hydrogen-bond acceptors (Lipinski definition) is 4. The molecule has 0 spiro atoms. The lowest BCUT2D eigenvalue weighted by Gasteiger charge is -2.03. The maximum atomic E-state index is 10.6. The maximum absolute atomic E-state index is 10.6. The molecule has 6 nitrogen and oxygen atoms in total. The zero-order chi connectivity index (χ0) is 11.5. The van der Waals surface area contributed by atoms with Crippen LogP contribution in [0.4, 0.5) is 0 Å². The summed E-state index contributed by atoms with van der Waals surface area (Å²) < 4.78 is 28.1. The van der Waals surface area contributed by atoms with Gasteiger partial charge in [0.15, 0.2) is 5.75 Å². The van der Waals surface area contributed by atoms with E-state index in [0.717, 1.165) is 0 Å². The third-order valence-corrected chi connectivity index (χ3v) is 2.48. The van der Waals surface area contributed by atoms with Crippen LogP contribution in [0.1, 0.15) is 19.9 Å². The van der Waals surface area contributed by atoms with E-state index in [2.05, 4.69) is 5.10 Å². The molecule has 1 heterocycles. The van der Waals surface area contributed by atoms with Crippen molar-refractivity contribution in [2.24, 2.45) is 5.14 Å². The number of aromatic nitrogens is 2. The van der Waals surface area contributed by atoms with Crippen molar-refractivity contribution in [3.05, 3.63) is 12.4 Å². The number of sulfonamides is 1. The van der Waals surface area contributed by atoms with E-state index >= 15 is 0 Å². The lowest BCUT2D eigenvalue weighted by Crippen LogP contribution is -2.21. The van der Waals surface area contributed by atoms with E-state index < -0.39 is 10.0 Å². The fourth-order valence-electron chi connectivity index (χ4n) is 0.953. The lowest BCUT2D eigenvalue weighted by molar-refractivity contribution is 0.340. The smallest absolute Gasteiger partial charge is 0.212 e. The van der Waals surface area contributed by atoms with Gasteiger partial charge in [-0.3, -0.25) is 4.68 Å². The summed E-state index contributed by atoms with van der Waals surface area (Å²) in [5, 5.41) is 8.87. The summed E-state index contributed by atoms with van der Waals surface area (Å²) in [6, 6.07) is 0.251. The quantitative estimate of drug-likeness (QED) is 0.783. The SMILES string of the molecule is CC(C)n1cc(OCCS(N)(=O)=O)cn1. The molecular weight excluding hydrogens is 218 g/mol. The zero-order valence-corrected chi connectivity index (χ0v) is 9.57. The molecule has 0 radical (unpaired) electrons. The molecule has 0 unspecified atom stereocenters. The first-order valence-electron chi connectivity index (χ1n) is 4.56. The minimum Gasteiger partial charge on any atom is -0.489 e. The van der Waals surface area contributed by atoms with Gasteiger partial charge in [-0.15, -0.1) is 0 Å². The molecule has 0 fully saturated rings. The average Bonchev–Trinajstić information content (AvgIpc) is 2.50. The molecule has 0 amide bonds. The van der Waals surface area contributed by atoms with Gasteiger partial charge in [-0.2, -0.15) is 5.10 Å². The summed E-state index contributed by atoms with van der Waals surface area (Å²) in [5.74, 6) is 0.354. The standard InChI is InChI=1S/C8H15N3O3S/c1-7(2)11-6-8(5-10-11)14-3-4-15(9,12)13/h5-7H,3-4H2,1-2H3,(H2,9,12,13). The van der Waals surface area contributed by atoms with Crippen molar-refractivity contribution in [3.63, 3.8) is 0 Å². The minimum absolute atomic E-state index is 0.0443. The van der Waals surface area contributed by atoms with Crippen LogP contribution in [0.25, 0.3) is 0 Å². The number of nitrogens with two attached hydrogens (primary N) is 1. The molecule has 0 saturated carbocycles. The van der Waals surface area contributed by atoms with E-state index in [1.54, 1.807) is 17.1 Å². The van der Waals surface area contributed by atoms with Crippen molar-refractivity contribution in [3.8, 4) is 5.75 Å². The molecule has 1 aromatic heterocycles. The van der Waals surface area contributed by atoms with Crippen molar-refractivity contribution in [2.45, 2.75) is 19.9 Å². The summed E-state index contributed by atoms with van der Waals surface area (Å²) in [5.41, 5.74) is 0. The van der Waals surface area contributed by atoms with Crippen LogP contribution < -0.4 is 9.88 Å². The second-order valence-electron chi connectivity index (χ2n) is 3.47. The van der Waals surface area contributed by atoms with Crippen LogP contribution >= 0.6 is 0 Å². The highest BCUT2D eigenvalue weighted by Crippen LogP contribution is 2.11. The van der Waals surface area contributed by atoms with E-state index in [1.165, 1.54) is 0 Å². The van der Waals surface area contributed by atoms with E-state index in [9.17, 15) is 8.42 Å². The molecule has 0 aliphatic heterocycles. The van der Waals surface area contributed by atoms with E-state index in [4.69, 9.17) is 9.88 Å². The van der Waals surface area contributed by atoms with Gasteiger partial charge in [0.25, 0.3) is 0 Å². The Labute approximate surface area is 89.1 Å². The molecule has 2 N–H and O–H groups in total. The van der Waals surface area contributed by atoms with Gasteiger partial charge in [-0.05, 0) is 13.8 Å². The Morgan fingerprint density at radius 1 is 1.60 bits per heavy atom.